The van der Waals surface area contributed by atoms with E-state index in [1.54, 1.807) is 0 Å². The van der Waals surface area contributed by atoms with Crippen LogP contribution in [0.15, 0.2) is 0 Å². The quantitative estimate of drug-likeness (QED) is 0.237. The van der Waals surface area contributed by atoms with Gasteiger partial charge in [-0.15, -0.1) is 0 Å². The van der Waals surface area contributed by atoms with Crippen LogP contribution in [-0.2, 0) is 0 Å². The summed E-state index contributed by atoms with van der Waals surface area (Å²) in [7, 11) is 0. The van der Waals surface area contributed by atoms with Crippen LogP contribution >= 0.6 is 45.2 Å². The molecule has 0 aromatic rings. The minimum absolute atomic E-state index is 0.697. The van der Waals surface area contributed by atoms with Gasteiger partial charge in [0.1, 0.15) is 0 Å². The van der Waals surface area contributed by atoms with Crippen LogP contribution in [0.5, 0.6) is 0 Å². The predicted octanol–water partition coefficient (Wildman–Crippen LogP) is 5.58. The molecule has 0 aliphatic heterocycles. The standard InChI is InChI=1S/C6F12I2/c7-1(8,3(11,12)5(15,16)19)2(9,10)4(13,14)6(17,18)20. The van der Waals surface area contributed by atoms with Crippen LogP contribution < -0.4 is 0 Å². The molecule has 0 unspecified atom stereocenters. The van der Waals surface area contributed by atoms with Crippen LogP contribution in [0.1, 0.15) is 0 Å². The Hall–Kier alpha value is 0.620. The van der Waals surface area contributed by atoms with Crippen molar-refractivity contribution in [1.29, 1.82) is 0 Å². The van der Waals surface area contributed by atoms with E-state index < -0.39 is 76.7 Å². The summed E-state index contributed by atoms with van der Waals surface area (Å²) >= 11 is -1.39. The number of rotatable bonds is 5. The molecule has 0 heterocycles. The van der Waals surface area contributed by atoms with Crippen LogP contribution in [0.25, 0.3) is 0 Å². The van der Waals surface area contributed by atoms with E-state index >= 15 is 0 Å². The lowest BCUT2D eigenvalue weighted by Gasteiger charge is -2.39. The lowest BCUT2D eigenvalue weighted by Crippen LogP contribution is -2.68. The van der Waals surface area contributed by atoms with Gasteiger partial charge >= 0.3 is 31.5 Å². The monoisotopic (exact) mass is 554 g/mol. The molecule has 122 valence electrons. The minimum Gasteiger partial charge on any atom is -0.192 e. The molecule has 0 aliphatic carbocycles. The van der Waals surface area contributed by atoms with Gasteiger partial charge in [-0.3, -0.25) is 0 Å². The average molecular weight is 554 g/mol. The normalized spacial score (nSPS) is 16.5. The fraction of sp³-hybridized carbons (Fsp3) is 1.00. The molecule has 0 rings (SSSR count). The molecular weight excluding hydrogens is 554 g/mol. The van der Waals surface area contributed by atoms with Crippen molar-refractivity contribution in [3.63, 3.8) is 0 Å². The Bertz CT molecular complexity index is 327. The molecule has 0 bridgehead atoms. The summed E-state index contributed by atoms with van der Waals surface area (Å²) in [6.45, 7) is 0. The van der Waals surface area contributed by atoms with E-state index in [0.29, 0.717) is 0 Å². The molecule has 20 heavy (non-hydrogen) atoms. The van der Waals surface area contributed by atoms with E-state index in [1.165, 1.54) is 0 Å². The van der Waals surface area contributed by atoms with E-state index in [1.807, 2.05) is 0 Å². The van der Waals surface area contributed by atoms with Gasteiger partial charge in [-0.1, -0.05) is 0 Å². The largest absolute Gasteiger partial charge is 0.387 e. The predicted molar refractivity (Wildman–Crippen MR) is 57.7 cm³/mol. The summed E-state index contributed by atoms with van der Waals surface area (Å²) < 4.78 is 138. The van der Waals surface area contributed by atoms with E-state index in [-0.39, 0.29) is 0 Å². The maximum Gasteiger partial charge on any atom is 0.387 e. The van der Waals surface area contributed by atoms with Gasteiger partial charge in [0.25, 0.3) is 0 Å². The Morgan fingerprint density at radius 2 is 0.500 bits per heavy atom. The van der Waals surface area contributed by atoms with Gasteiger partial charge in [-0.05, 0) is 0 Å². The summed E-state index contributed by atoms with van der Waals surface area (Å²) in [6.07, 6.45) is 0. The Balaban J connectivity index is 6.08. The van der Waals surface area contributed by atoms with Crippen molar-refractivity contribution >= 4 is 45.2 Å². The van der Waals surface area contributed by atoms with Crippen molar-refractivity contribution in [2.75, 3.05) is 0 Å². The van der Waals surface area contributed by atoms with Crippen molar-refractivity contribution in [1.82, 2.24) is 0 Å². The molecule has 0 N–H and O–H groups in total. The molecule has 14 heteroatoms. The van der Waals surface area contributed by atoms with Crippen LogP contribution in [0.2, 0.25) is 0 Å². The van der Waals surface area contributed by atoms with Crippen LogP contribution in [0, 0.1) is 0 Å². The van der Waals surface area contributed by atoms with Crippen LogP contribution in [0.3, 0.4) is 0 Å². The molecule has 0 nitrogen and oxygen atoms in total. The lowest BCUT2D eigenvalue weighted by atomic mass is 9.99. The van der Waals surface area contributed by atoms with Crippen molar-refractivity contribution in [3.05, 3.63) is 0 Å². The Morgan fingerprint density at radius 3 is 0.600 bits per heavy atom. The number of halogens is 14. The number of hydrogen-bond acceptors (Lipinski definition) is 0. The highest BCUT2D eigenvalue weighted by atomic mass is 127. The highest BCUT2D eigenvalue weighted by Gasteiger charge is 2.89. The first-order valence-electron chi connectivity index (χ1n) is 3.90. The van der Waals surface area contributed by atoms with Gasteiger partial charge in [0.2, 0.25) is 0 Å². The lowest BCUT2D eigenvalue weighted by molar-refractivity contribution is -0.401. The van der Waals surface area contributed by atoms with Gasteiger partial charge in [0.15, 0.2) is 0 Å². The van der Waals surface area contributed by atoms with E-state index in [0.717, 1.165) is 0 Å². The smallest absolute Gasteiger partial charge is 0.192 e. The van der Waals surface area contributed by atoms with Gasteiger partial charge in [-0.2, -0.15) is 52.7 Å². The Kier molecular flexibility index (Phi) is 5.23. The molecule has 0 radical (unpaired) electrons. The van der Waals surface area contributed by atoms with Crippen molar-refractivity contribution < 1.29 is 52.7 Å². The minimum atomic E-state index is -7.44. The first-order chi connectivity index (χ1) is 8.25. The highest BCUT2D eigenvalue weighted by Crippen LogP contribution is 2.61. The first-order valence-corrected chi connectivity index (χ1v) is 6.05. The van der Waals surface area contributed by atoms with E-state index in [2.05, 4.69) is 0 Å². The molecular formula is C6F12I2. The second-order valence-corrected chi connectivity index (χ2v) is 6.00. The van der Waals surface area contributed by atoms with Crippen molar-refractivity contribution in [3.8, 4) is 0 Å². The number of hydrogen-bond donors (Lipinski definition) is 0. The van der Waals surface area contributed by atoms with Crippen molar-refractivity contribution in [2.24, 2.45) is 0 Å². The second-order valence-electron chi connectivity index (χ2n) is 3.29. The van der Waals surface area contributed by atoms with Crippen LogP contribution in [-0.4, -0.2) is 31.5 Å². The maximum absolute atomic E-state index is 12.7. The highest BCUT2D eigenvalue weighted by molar-refractivity contribution is 14.1. The summed E-state index contributed by atoms with van der Waals surface area (Å²) in [4.78, 5) is 0. The fourth-order valence-corrected chi connectivity index (χ4v) is 1.43. The third kappa shape index (κ3) is 2.78. The second kappa shape index (κ2) is 5.07. The summed E-state index contributed by atoms with van der Waals surface area (Å²) in [6, 6.07) is 0. The van der Waals surface area contributed by atoms with E-state index in [4.69, 9.17) is 0 Å². The molecule has 0 saturated carbocycles. The zero-order chi connectivity index (χ0) is 17.0. The van der Waals surface area contributed by atoms with E-state index in [9.17, 15) is 52.7 Å². The zero-order valence-electron chi connectivity index (χ0n) is 8.29. The molecule has 0 aliphatic rings. The van der Waals surface area contributed by atoms with Gasteiger partial charge < -0.3 is 0 Å². The number of alkyl halides is 14. The molecule has 0 aromatic carbocycles. The Labute approximate surface area is 129 Å². The third-order valence-electron chi connectivity index (χ3n) is 1.90. The zero-order valence-corrected chi connectivity index (χ0v) is 12.6. The molecule has 0 amide bonds. The van der Waals surface area contributed by atoms with Gasteiger partial charge in [0.05, 0.1) is 0 Å². The summed E-state index contributed by atoms with van der Waals surface area (Å²) in [5.74, 6) is -28.9. The van der Waals surface area contributed by atoms with Gasteiger partial charge in [0, 0.05) is 45.2 Å². The fourth-order valence-electron chi connectivity index (χ4n) is 0.750. The average Bonchev–Trinajstić information content (AvgIpc) is 2.12. The first kappa shape index (κ1) is 20.6. The Morgan fingerprint density at radius 1 is 0.350 bits per heavy atom. The molecule has 0 spiro atoms. The molecule has 0 aromatic heterocycles. The maximum atomic E-state index is 12.7. The van der Waals surface area contributed by atoms with Crippen molar-refractivity contribution in [2.45, 2.75) is 31.5 Å². The van der Waals surface area contributed by atoms with Crippen LogP contribution in [0.4, 0.5) is 52.7 Å². The third-order valence-corrected chi connectivity index (χ3v) is 3.25. The SMILES string of the molecule is FC(F)(I)C(F)(F)C(F)(F)C(F)(F)C(F)(F)C(F)(F)I. The summed E-state index contributed by atoms with van der Waals surface area (Å²) in [5, 5.41) is 0. The van der Waals surface area contributed by atoms with Gasteiger partial charge in [-0.25, -0.2) is 0 Å². The molecule has 0 atom stereocenters. The molecule has 0 saturated heterocycles. The molecule has 0 fully saturated rings. The topological polar surface area (TPSA) is 0 Å². The summed E-state index contributed by atoms with van der Waals surface area (Å²) in [5.41, 5.74) is 0.